The lowest BCUT2D eigenvalue weighted by Gasteiger charge is -1.97. The van der Waals surface area contributed by atoms with Gasteiger partial charge >= 0.3 is 5.69 Å². The molecule has 6 heteroatoms. The Balaban J connectivity index is 2.26. The van der Waals surface area contributed by atoms with Gasteiger partial charge in [-0.15, -0.1) is 11.3 Å². The van der Waals surface area contributed by atoms with Crippen molar-refractivity contribution in [3.05, 3.63) is 32.4 Å². The molecular weight excluding hydrogens is 248 g/mol. The Morgan fingerprint density at radius 3 is 2.67 bits per heavy atom. The van der Waals surface area contributed by atoms with Gasteiger partial charge in [0.05, 0.1) is 11.6 Å². The Morgan fingerprint density at radius 2 is 2.17 bits per heavy atom. The van der Waals surface area contributed by atoms with Crippen molar-refractivity contribution in [3.63, 3.8) is 0 Å². The van der Waals surface area contributed by atoms with E-state index < -0.39 is 0 Å². The number of hydrogen-bond donors (Lipinski definition) is 0. The van der Waals surface area contributed by atoms with Crippen molar-refractivity contribution in [2.45, 2.75) is 46.7 Å². The number of aromatic nitrogens is 4. The summed E-state index contributed by atoms with van der Waals surface area (Å²) in [5.41, 5.74) is -0.0468. The van der Waals surface area contributed by atoms with Gasteiger partial charge in [-0.3, -0.25) is 4.57 Å². The highest BCUT2D eigenvalue weighted by Crippen LogP contribution is 2.21. The average Bonchev–Trinajstić information content (AvgIpc) is 2.86. The molecule has 0 spiro atoms. The topological polar surface area (TPSA) is 52.7 Å². The summed E-state index contributed by atoms with van der Waals surface area (Å²) in [6, 6.07) is 0. The van der Waals surface area contributed by atoms with E-state index in [2.05, 4.69) is 23.9 Å². The van der Waals surface area contributed by atoms with Gasteiger partial charge < -0.3 is 0 Å². The van der Waals surface area contributed by atoms with Crippen LogP contribution in [-0.2, 0) is 13.1 Å². The third kappa shape index (κ3) is 2.38. The van der Waals surface area contributed by atoms with Crippen molar-refractivity contribution >= 4 is 11.3 Å². The molecule has 2 rings (SSSR count). The molecule has 0 N–H and O–H groups in total. The van der Waals surface area contributed by atoms with Crippen LogP contribution >= 0.6 is 11.3 Å². The molecule has 18 heavy (non-hydrogen) atoms. The van der Waals surface area contributed by atoms with Crippen LogP contribution in [0.2, 0.25) is 0 Å². The van der Waals surface area contributed by atoms with Gasteiger partial charge in [0, 0.05) is 23.5 Å². The molecule has 5 nitrogen and oxygen atoms in total. The fraction of sp³-hybridized carbons (Fsp3) is 0.583. The van der Waals surface area contributed by atoms with E-state index in [1.165, 1.54) is 4.68 Å². The quantitative estimate of drug-likeness (QED) is 0.850. The number of rotatable bonds is 4. The number of nitrogens with zero attached hydrogens (tertiary/aromatic N) is 4. The van der Waals surface area contributed by atoms with Crippen molar-refractivity contribution in [1.29, 1.82) is 0 Å². The molecule has 0 saturated heterocycles. The lowest BCUT2D eigenvalue weighted by atomic mass is 10.2. The summed E-state index contributed by atoms with van der Waals surface area (Å²) in [6.45, 7) is 9.20. The molecule has 0 aliphatic rings. The van der Waals surface area contributed by atoms with Gasteiger partial charge in [0.25, 0.3) is 0 Å². The Labute approximate surface area is 110 Å². The van der Waals surface area contributed by atoms with Crippen LogP contribution in [-0.4, -0.2) is 19.3 Å². The van der Waals surface area contributed by atoms with Crippen molar-refractivity contribution in [2.75, 3.05) is 0 Å². The van der Waals surface area contributed by atoms with Gasteiger partial charge in [-0.1, -0.05) is 13.8 Å². The fourth-order valence-corrected chi connectivity index (χ4v) is 2.73. The zero-order valence-corrected chi connectivity index (χ0v) is 12.0. The van der Waals surface area contributed by atoms with Gasteiger partial charge in [0.2, 0.25) is 0 Å². The third-order valence-corrected chi connectivity index (χ3v) is 4.08. The second kappa shape index (κ2) is 5.06. The summed E-state index contributed by atoms with van der Waals surface area (Å²) in [7, 11) is 0. The minimum absolute atomic E-state index is 0.0468. The minimum atomic E-state index is -0.0468. The fourth-order valence-electron chi connectivity index (χ4n) is 1.83. The SMILES string of the molecule is CCn1c(C)nn(Cc2cnc(C(C)C)s2)c1=O. The molecule has 0 bridgehead atoms. The second-order valence-electron chi connectivity index (χ2n) is 4.55. The van der Waals surface area contributed by atoms with Crippen LogP contribution in [0.15, 0.2) is 11.0 Å². The summed E-state index contributed by atoms with van der Waals surface area (Å²) in [5, 5.41) is 5.38. The van der Waals surface area contributed by atoms with Gasteiger partial charge in [0.15, 0.2) is 0 Å². The summed E-state index contributed by atoms with van der Waals surface area (Å²) in [4.78, 5) is 17.4. The van der Waals surface area contributed by atoms with Crippen LogP contribution in [0.4, 0.5) is 0 Å². The molecular formula is C12H18N4OS. The van der Waals surface area contributed by atoms with Gasteiger partial charge in [-0.05, 0) is 13.8 Å². The van der Waals surface area contributed by atoms with E-state index in [-0.39, 0.29) is 5.69 Å². The van der Waals surface area contributed by atoms with Crippen molar-refractivity contribution in [3.8, 4) is 0 Å². The number of hydrogen-bond acceptors (Lipinski definition) is 4. The lowest BCUT2D eigenvalue weighted by Crippen LogP contribution is -2.24. The first kappa shape index (κ1) is 13.0. The zero-order chi connectivity index (χ0) is 13.3. The van der Waals surface area contributed by atoms with Gasteiger partial charge in [-0.25, -0.2) is 14.5 Å². The molecule has 2 aromatic heterocycles. The van der Waals surface area contributed by atoms with Crippen molar-refractivity contribution < 1.29 is 0 Å². The predicted molar refractivity (Wildman–Crippen MR) is 72.2 cm³/mol. The van der Waals surface area contributed by atoms with E-state index in [9.17, 15) is 4.79 Å². The van der Waals surface area contributed by atoms with Gasteiger partial charge in [-0.2, -0.15) is 5.10 Å². The molecule has 0 aliphatic heterocycles. The summed E-state index contributed by atoms with van der Waals surface area (Å²) in [5.74, 6) is 1.19. The van der Waals surface area contributed by atoms with Crippen molar-refractivity contribution in [2.24, 2.45) is 0 Å². The van der Waals surface area contributed by atoms with Crippen LogP contribution in [0.5, 0.6) is 0 Å². The molecule has 2 heterocycles. The molecule has 0 aliphatic carbocycles. The minimum Gasteiger partial charge on any atom is -0.279 e. The predicted octanol–water partition coefficient (Wildman–Crippen LogP) is 2.00. The maximum atomic E-state index is 12.0. The highest BCUT2D eigenvalue weighted by molar-refractivity contribution is 7.11. The largest absolute Gasteiger partial charge is 0.346 e. The first-order valence-corrected chi connectivity index (χ1v) is 6.93. The monoisotopic (exact) mass is 266 g/mol. The second-order valence-corrected chi connectivity index (χ2v) is 5.70. The first-order valence-electron chi connectivity index (χ1n) is 6.11. The number of aryl methyl sites for hydroxylation is 1. The Hall–Kier alpha value is -1.43. The third-order valence-electron chi connectivity index (χ3n) is 2.79. The highest BCUT2D eigenvalue weighted by Gasteiger charge is 2.11. The summed E-state index contributed by atoms with van der Waals surface area (Å²) >= 11 is 1.65. The Morgan fingerprint density at radius 1 is 1.44 bits per heavy atom. The Bertz CT molecular complexity index is 593. The van der Waals surface area contributed by atoms with Crippen LogP contribution in [0.1, 0.15) is 42.4 Å². The first-order chi connectivity index (χ1) is 8.52. The molecule has 0 amide bonds. The average molecular weight is 266 g/mol. The van der Waals surface area contributed by atoms with E-state index in [0.29, 0.717) is 19.0 Å². The van der Waals surface area contributed by atoms with Crippen LogP contribution in [0.25, 0.3) is 0 Å². The molecule has 0 aromatic carbocycles. The van der Waals surface area contributed by atoms with E-state index in [1.807, 2.05) is 20.0 Å². The van der Waals surface area contributed by atoms with E-state index in [1.54, 1.807) is 15.9 Å². The molecule has 0 radical (unpaired) electrons. The van der Waals surface area contributed by atoms with E-state index in [4.69, 9.17) is 0 Å². The Kier molecular flexibility index (Phi) is 3.65. The normalized spacial score (nSPS) is 11.4. The molecule has 0 saturated carbocycles. The maximum Gasteiger partial charge on any atom is 0.346 e. The summed E-state index contributed by atoms with van der Waals surface area (Å²) < 4.78 is 3.18. The van der Waals surface area contributed by atoms with Crippen LogP contribution in [0.3, 0.4) is 0 Å². The maximum absolute atomic E-state index is 12.0. The van der Waals surface area contributed by atoms with E-state index >= 15 is 0 Å². The lowest BCUT2D eigenvalue weighted by molar-refractivity contribution is 0.635. The molecule has 0 fully saturated rings. The summed E-state index contributed by atoms with van der Waals surface area (Å²) in [6.07, 6.45) is 1.84. The molecule has 98 valence electrons. The van der Waals surface area contributed by atoms with Crippen LogP contribution < -0.4 is 5.69 Å². The highest BCUT2D eigenvalue weighted by atomic mass is 32.1. The van der Waals surface area contributed by atoms with E-state index in [0.717, 1.165) is 15.7 Å². The smallest absolute Gasteiger partial charge is 0.279 e. The van der Waals surface area contributed by atoms with Gasteiger partial charge in [0.1, 0.15) is 5.82 Å². The molecule has 0 unspecified atom stereocenters. The standard InChI is InChI=1S/C12H18N4OS/c1-5-15-9(4)14-16(12(15)17)7-10-6-13-11(18-10)8(2)3/h6,8H,5,7H2,1-4H3. The number of thiazole rings is 1. The molecule has 2 aromatic rings. The zero-order valence-electron chi connectivity index (χ0n) is 11.2. The van der Waals surface area contributed by atoms with Crippen molar-refractivity contribution in [1.82, 2.24) is 19.3 Å². The van der Waals surface area contributed by atoms with Crippen LogP contribution in [0, 0.1) is 6.92 Å². The molecule has 0 atom stereocenters.